The average molecular weight is 493 g/mol. The highest BCUT2D eigenvalue weighted by Crippen LogP contribution is 2.37. The summed E-state index contributed by atoms with van der Waals surface area (Å²) >= 11 is 2.08. The van der Waals surface area contributed by atoms with E-state index in [0.717, 1.165) is 16.2 Å². The van der Waals surface area contributed by atoms with Crippen LogP contribution in [0.15, 0.2) is 29.2 Å². The van der Waals surface area contributed by atoms with Crippen molar-refractivity contribution in [2.75, 3.05) is 31.5 Å². The molecule has 1 unspecified atom stereocenters. The normalized spacial score (nSPS) is 14.5. The second-order valence-electron chi connectivity index (χ2n) is 6.75. The van der Waals surface area contributed by atoms with Crippen LogP contribution in [0.5, 0.6) is 0 Å². The maximum Gasteiger partial charge on any atom is 0.348 e. The zero-order chi connectivity index (χ0) is 24.1. The van der Waals surface area contributed by atoms with Crippen molar-refractivity contribution in [3.05, 3.63) is 40.3 Å². The zero-order valence-electron chi connectivity index (χ0n) is 17.9. The lowest BCUT2D eigenvalue weighted by atomic mass is 10.1. The number of ether oxygens (including phenoxy) is 3. The molecule has 10 nitrogen and oxygen atoms in total. The molecule has 174 valence electrons. The molecule has 1 atom stereocenters. The molecule has 1 aromatic heterocycles. The molecule has 0 saturated heterocycles. The van der Waals surface area contributed by atoms with Gasteiger partial charge in [0.05, 0.1) is 37.1 Å². The number of amides is 2. The number of para-hydroxylation sites is 1. The van der Waals surface area contributed by atoms with Gasteiger partial charge in [-0.1, -0.05) is 12.1 Å². The van der Waals surface area contributed by atoms with Crippen LogP contribution in [0.1, 0.15) is 32.0 Å². The highest BCUT2D eigenvalue weighted by Gasteiger charge is 2.30. The molecule has 2 N–H and O–H groups in total. The minimum atomic E-state index is -0.744. The number of benzene rings is 1. The molecule has 1 aliphatic rings. The van der Waals surface area contributed by atoms with Gasteiger partial charge in [0, 0.05) is 4.90 Å². The van der Waals surface area contributed by atoms with Crippen LogP contribution in [0.4, 0.5) is 10.7 Å². The average Bonchev–Trinajstić information content (AvgIpc) is 3.12. The summed E-state index contributed by atoms with van der Waals surface area (Å²) in [4.78, 5) is 61.8. The first-order valence-electron chi connectivity index (χ1n) is 9.57. The maximum atomic E-state index is 12.3. The molecule has 0 bridgehead atoms. The van der Waals surface area contributed by atoms with Gasteiger partial charge in [-0.2, -0.15) is 0 Å². The Bertz CT molecular complexity index is 1130. The van der Waals surface area contributed by atoms with Crippen molar-refractivity contribution in [2.45, 2.75) is 23.5 Å². The van der Waals surface area contributed by atoms with Gasteiger partial charge in [0.25, 0.3) is 5.91 Å². The molecule has 2 amide bonds. The van der Waals surface area contributed by atoms with Crippen molar-refractivity contribution in [1.82, 2.24) is 0 Å². The second-order valence-corrected chi connectivity index (χ2v) is 9.01. The zero-order valence-corrected chi connectivity index (χ0v) is 19.5. The number of methoxy groups -OCH3 is 2. The number of thioether (sulfide) groups is 1. The van der Waals surface area contributed by atoms with E-state index >= 15 is 0 Å². The van der Waals surface area contributed by atoms with Crippen molar-refractivity contribution >= 4 is 63.5 Å². The molecule has 0 saturated carbocycles. The number of esters is 3. The highest BCUT2D eigenvalue weighted by molar-refractivity contribution is 8.01. The number of rotatable bonds is 7. The Balaban J connectivity index is 1.60. The molecule has 3 rings (SSSR count). The fraction of sp³-hybridized carbons (Fsp3) is 0.286. The van der Waals surface area contributed by atoms with Crippen LogP contribution in [0.3, 0.4) is 0 Å². The molecule has 1 aromatic carbocycles. The number of hydrogen-bond donors (Lipinski definition) is 2. The van der Waals surface area contributed by atoms with Gasteiger partial charge in [0.15, 0.2) is 6.61 Å². The summed E-state index contributed by atoms with van der Waals surface area (Å²) in [6.07, 6.45) is -0.226. The van der Waals surface area contributed by atoms with E-state index in [0.29, 0.717) is 11.3 Å². The lowest BCUT2D eigenvalue weighted by Gasteiger charge is -2.23. The van der Waals surface area contributed by atoms with Gasteiger partial charge in [-0.05, 0) is 24.6 Å². The Morgan fingerprint density at radius 1 is 1.09 bits per heavy atom. The summed E-state index contributed by atoms with van der Waals surface area (Å²) in [7, 11) is 2.36. The van der Waals surface area contributed by atoms with E-state index in [4.69, 9.17) is 9.47 Å². The number of carbonyl (C=O) groups is 5. The number of anilines is 2. The molecule has 0 radical (unpaired) electrons. The lowest BCUT2D eigenvalue weighted by Crippen LogP contribution is -2.32. The molecule has 2 aromatic rings. The summed E-state index contributed by atoms with van der Waals surface area (Å²) in [6, 6.07) is 7.21. The van der Waals surface area contributed by atoms with E-state index in [-0.39, 0.29) is 27.8 Å². The molecule has 0 spiro atoms. The monoisotopic (exact) mass is 492 g/mol. The van der Waals surface area contributed by atoms with E-state index in [9.17, 15) is 24.0 Å². The summed E-state index contributed by atoms with van der Waals surface area (Å²) in [5, 5.41) is 4.56. The third kappa shape index (κ3) is 5.52. The molecule has 0 fully saturated rings. The first-order valence-corrected chi connectivity index (χ1v) is 11.3. The quantitative estimate of drug-likeness (QED) is 0.441. The number of hydrogen-bond acceptors (Lipinski definition) is 10. The Labute approximate surface area is 197 Å². The first kappa shape index (κ1) is 24.3. The van der Waals surface area contributed by atoms with Crippen molar-refractivity contribution < 1.29 is 38.2 Å². The summed E-state index contributed by atoms with van der Waals surface area (Å²) in [5.74, 6) is -3.20. The van der Waals surface area contributed by atoms with E-state index in [1.54, 1.807) is 12.1 Å². The molecule has 0 aliphatic carbocycles. The summed E-state index contributed by atoms with van der Waals surface area (Å²) < 4.78 is 14.4. The highest BCUT2D eigenvalue weighted by atomic mass is 32.2. The first-order chi connectivity index (χ1) is 15.7. The second kappa shape index (κ2) is 10.5. The van der Waals surface area contributed by atoms with Crippen LogP contribution in [-0.2, 0) is 28.6 Å². The predicted octanol–water partition coefficient (Wildman–Crippen LogP) is 2.61. The van der Waals surface area contributed by atoms with E-state index in [1.807, 2.05) is 12.1 Å². The molecule has 33 heavy (non-hydrogen) atoms. The van der Waals surface area contributed by atoms with Gasteiger partial charge >= 0.3 is 17.9 Å². The maximum absolute atomic E-state index is 12.3. The van der Waals surface area contributed by atoms with Crippen molar-refractivity contribution in [3.63, 3.8) is 0 Å². The summed E-state index contributed by atoms with van der Waals surface area (Å²) in [5.41, 5.74) is 0.985. The van der Waals surface area contributed by atoms with E-state index < -0.39 is 35.7 Å². The van der Waals surface area contributed by atoms with Crippen molar-refractivity contribution in [2.24, 2.45) is 0 Å². The van der Waals surface area contributed by atoms with Crippen LogP contribution >= 0.6 is 23.1 Å². The standard InChI is InChI=1S/C21H20N2O8S2/c1-10-16(20(27)29-2)19(33-17(10)21(28)30-3)23-14(24)9-31-15(25)8-13-18(26)22-11-6-4-5-7-12(11)32-13/h4-7,13H,8-9H2,1-3H3,(H,22,26)(H,23,24). The lowest BCUT2D eigenvalue weighted by molar-refractivity contribution is -0.147. The third-order valence-electron chi connectivity index (χ3n) is 4.58. The number of fused-ring (bicyclic) bond motifs is 1. The van der Waals surface area contributed by atoms with E-state index in [1.165, 1.54) is 32.9 Å². The van der Waals surface area contributed by atoms with Crippen LogP contribution in [0.2, 0.25) is 0 Å². The fourth-order valence-electron chi connectivity index (χ4n) is 2.98. The van der Waals surface area contributed by atoms with Crippen LogP contribution in [-0.4, -0.2) is 55.8 Å². The van der Waals surface area contributed by atoms with Crippen LogP contribution < -0.4 is 10.6 Å². The number of nitrogens with one attached hydrogen (secondary N) is 2. The summed E-state index contributed by atoms with van der Waals surface area (Å²) in [6.45, 7) is 0.884. The van der Waals surface area contributed by atoms with Gasteiger partial charge in [-0.25, -0.2) is 9.59 Å². The van der Waals surface area contributed by atoms with Crippen molar-refractivity contribution in [3.8, 4) is 0 Å². The number of carbonyl (C=O) groups excluding carboxylic acids is 5. The van der Waals surface area contributed by atoms with Crippen LogP contribution in [0.25, 0.3) is 0 Å². The molecule has 2 heterocycles. The molecule has 12 heteroatoms. The number of thiophene rings is 1. The topological polar surface area (TPSA) is 137 Å². The van der Waals surface area contributed by atoms with Gasteiger partial charge in [-0.15, -0.1) is 23.1 Å². The Hall–Kier alpha value is -3.38. The molecular weight excluding hydrogens is 472 g/mol. The largest absolute Gasteiger partial charge is 0.465 e. The Morgan fingerprint density at radius 2 is 1.79 bits per heavy atom. The SMILES string of the molecule is COC(=O)c1sc(NC(=O)COC(=O)CC2Sc3ccccc3NC2=O)c(C(=O)OC)c1C. The van der Waals surface area contributed by atoms with Gasteiger partial charge in [0.2, 0.25) is 5.91 Å². The van der Waals surface area contributed by atoms with Gasteiger partial charge in [0.1, 0.15) is 9.88 Å². The smallest absolute Gasteiger partial charge is 0.348 e. The Morgan fingerprint density at radius 3 is 2.48 bits per heavy atom. The van der Waals surface area contributed by atoms with Crippen molar-refractivity contribution in [1.29, 1.82) is 0 Å². The Kier molecular flexibility index (Phi) is 7.71. The molecule has 1 aliphatic heterocycles. The fourth-order valence-corrected chi connectivity index (χ4v) is 5.21. The molecular formula is C21H20N2O8S2. The third-order valence-corrected chi connectivity index (χ3v) is 7.05. The minimum absolute atomic E-state index is 0.0107. The van der Waals surface area contributed by atoms with E-state index in [2.05, 4.69) is 15.4 Å². The van der Waals surface area contributed by atoms with Crippen LogP contribution in [0, 0.1) is 6.92 Å². The minimum Gasteiger partial charge on any atom is -0.465 e. The van der Waals surface area contributed by atoms with Gasteiger partial charge < -0.3 is 24.8 Å². The predicted molar refractivity (Wildman–Crippen MR) is 121 cm³/mol. The van der Waals surface area contributed by atoms with Gasteiger partial charge in [-0.3, -0.25) is 14.4 Å².